The van der Waals surface area contributed by atoms with Crippen molar-refractivity contribution < 1.29 is 0 Å². The van der Waals surface area contributed by atoms with Crippen LogP contribution in [0.25, 0.3) is 0 Å². The first-order chi connectivity index (χ1) is 5.70. The maximum atomic E-state index is 2.40. The number of hydrogen-bond donors (Lipinski definition) is 0. The van der Waals surface area contributed by atoms with Gasteiger partial charge < -0.3 is 0 Å². The van der Waals surface area contributed by atoms with Gasteiger partial charge in [0.15, 0.2) is 0 Å². The van der Waals surface area contributed by atoms with Gasteiger partial charge in [-0.15, -0.1) is 0 Å². The van der Waals surface area contributed by atoms with E-state index in [1.165, 1.54) is 19.3 Å². The fourth-order valence-electron chi connectivity index (χ4n) is 2.74. The molecular formula is C13H26. The lowest BCUT2D eigenvalue weighted by Crippen LogP contribution is -2.38. The van der Waals surface area contributed by atoms with Crippen molar-refractivity contribution in [3.8, 4) is 0 Å². The fourth-order valence-corrected chi connectivity index (χ4v) is 2.74. The van der Waals surface area contributed by atoms with Crippen molar-refractivity contribution in [1.82, 2.24) is 0 Å². The Kier molecular flexibility index (Phi) is 2.81. The Hall–Kier alpha value is 0. The van der Waals surface area contributed by atoms with Crippen molar-refractivity contribution in [2.75, 3.05) is 0 Å². The zero-order valence-corrected chi connectivity index (χ0v) is 10.3. The monoisotopic (exact) mass is 182 g/mol. The van der Waals surface area contributed by atoms with Gasteiger partial charge in [0.25, 0.3) is 0 Å². The van der Waals surface area contributed by atoms with Crippen LogP contribution in [0.15, 0.2) is 0 Å². The summed E-state index contributed by atoms with van der Waals surface area (Å²) in [6.07, 6.45) is 4.35. The largest absolute Gasteiger partial charge is 0.0602 e. The van der Waals surface area contributed by atoms with Crippen LogP contribution in [-0.4, -0.2) is 0 Å². The zero-order valence-electron chi connectivity index (χ0n) is 10.3. The third kappa shape index (κ3) is 3.00. The van der Waals surface area contributed by atoms with Crippen molar-refractivity contribution in [2.24, 2.45) is 22.7 Å². The van der Waals surface area contributed by atoms with Crippen LogP contribution in [0.2, 0.25) is 0 Å². The molecule has 1 aliphatic carbocycles. The lowest BCUT2D eigenvalue weighted by atomic mass is 9.58. The predicted octanol–water partition coefficient (Wildman–Crippen LogP) is 4.49. The summed E-state index contributed by atoms with van der Waals surface area (Å²) in [5.74, 6) is 1.98. The lowest BCUT2D eigenvalue weighted by Gasteiger charge is -2.47. The Morgan fingerprint density at radius 2 is 1.46 bits per heavy atom. The van der Waals surface area contributed by atoms with E-state index >= 15 is 0 Å². The first-order valence-corrected chi connectivity index (χ1v) is 5.70. The molecule has 0 aromatic heterocycles. The van der Waals surface area contributed by atoms with E-state index in [0.29, 0.717) is 10.8 Å². The highest BCUT2D eigenvalue weighted by atomic mass is 14.5. The minimum Gasteiger partial charge on any atom is -0.0602 e. The highest BCUT2D eigenvalue weighted by Gasteiger charge is 2.40. The van der Waals surface area contributed by atoms with E-state index in [0.717, 1.165) is 11.8 Å². The summed E-state index contributed by atoms with van der Waals surface area (Å²) in [5, 5.41) is 0. The summed E-state index contributed by atoms with van der Waals surface area (Å²) in [4.78, 5) is 0. The Morgan fingerprint density at radius 3 is 1.69 bits per heavy atom. The second-order valence-electron chi connectivity index (χ2n) is 7.07. The molecule has 0 nitrogen and oxygen atoms in total. The topological polar surface area (TPSA) is 0 Å². The molecule has 0 N–H and O–H groups in total. The average molecular weight is 182 g/mol. The van der Waals surface area contributed by atoms with Crippen LogP contribution >= 0.6 is 0 Å². The van der Waals surface area contributed by atoms with E-state index in [2.05, 4.69) is 41.5 Å². The van der Waals surface area contributed by atoms with Gasteiger partial charge >= 0.3 is 0 Å². The smallest absolute Gasteiger partial charge is 0.0337 e. The number of rotatable bonds is 1. The maximum absolute atomic E-state index is 2.40. The minimum absolute atomic E-state index is 0.522. The van der Waals surface area contributed by atoms with Gasteiger partial charge in [0, 0.05) is 0 Å². The molecule has 0 spiro atoms. The quantitative estimate of drug-likeness (QED) is 0.560. The first kappa shape index (κ1) is 11.1. The first-order valence-electron chi connectivity index (χ1n) is 5.70. The van der Waals surface area contributed by atoms with Crippen molar-refractivity contribution in [2.45, 2.75) is 60.8 Å². The Balaban J connectivity index is 2.47. The summed E-state index contributed by atoms with van der Waals surface area (Å²) in [6.45, 7) is 14.3. The highest BCUT2D eigenvalue weighted by molar-refractivity contribution is 4.90. The summed E-state index contributed by atoms with van der Waals surface area (Å²) >= 11 is 0. The van der Waals surface area contributed by atoms with E-state index in [4.69, 9.17) is 0 Å². The Morgan fingerprint density at radius 1 is 0.923 bits per heavy atom. The summed E-state index contributed by atoms with van der Waals surface area (Å²) in [5.41, 5.74) is 1.06. The van der Waals surface area contributed by atoms with E-state index in [1.54, 1.807) is 0 Å². The van der Waals surface area contributed by atoms with Gasteiger partial charge in [-0.05, 0) is 41.9 Å². The molecule has 1 fully saturated rings. The van der Waals surface area contributed by atoms with Crippen LogP contribution in [0.5, 0.6) is 0 Å². The molecule has 0 saturated heterocycles. The van der Waals surface area contributed by atoms with Gasteiger partial charge in [0.2, 0.25) is 0 Å². The van der Waals surface area contributed by atoms with Crippen LogP contribution in [0.1, 0.15) is 60.8 Å². The van der Waals surface area contributed by atoms with Crippen LogP contribution in [0, 0.1) is 22.7 Å². The molecule has 1 saturated carbocycles. The van der Waals surface area contributed by atoms with E-state index < -0.39 is 0 Å². The molecule has 0 aliphatic heterocycles. The van der Waals surface area contributed by atoms with E-state index in [9.17, 15) is 0 Å². The summed E-state index contributed by atoms with van der Waals surface area (Å²) in [6, 6.07) is 0. The highest BCUT2D eigenvalue weighted by Crippen LogP contribution is 2.50. The molecule has 0 heteroatoms. The Labute approximate surface area is 84.1 Å². The predicted molar refractivity (Wildman–Crippen MR) is 59.7 cm³/mol. The second kappa shape index (κ2) is 3.29. The molecule has 0 heterocycles. The maximum Gasteiger partial charge on any atom is -0.0337 e. The van der Waals surface area contributed by atoms with Gasteiger partial charge in [-0.25, -0.2) is 0 Å². The molecule has 0 radical (unpaired) electrons. The van der Waals surface area contributed by atoms with Crippen LogP contribution in [0.4, 0.5) is 0 Å². The fraction of sp³-hybridized carbons (Fsp3) is 1.00. The SMILES string of the molecule is CC(C)(C)CC1CCC1C(C)(C)C. The second-order valence-corrected chi connectivity index (χ2v) is 7.07. The molecule has 2 unspecified atom stereocenters. The normalized spacial score (nSPS) is 30.0. The lowest BCUT2D eigenvalue weighted by molar-refractivity contribution is 0.0283. The van der Waals surface area contributed by atoms with Gasteiger partial charge in [0.1, 0.15) is 0 Å². The molecule has 13 heavy (non-hydrogen) atoms. The van der Waals surface area contributed by atoms with Crippen LogP contribution in [-0.2, 0) is 0 Å². The third-order valence-corrected chi connectivity index (χ3v) is 3.40. The molecule has 0 aromatic rings. The van der Waals surface area contributed by atoms with Crippen molar-refractivity contribution in [1.29, 1.82) is 0 Å². The molecule has 0 aromatic carbocycles. The average Bonchev–Trinajstić information content (AvgIpc) is 1.73. The van der Waals surface area contributed by atoms with E-state index in [-0.39, 0.29) is 0 Å². The standard InChI is InChI=1S/C13H26/c1-12(2,3)9-10-7-8-11(10)13(4,5)6/h10-11H,7-9H2,1-6H3. The molecular weight excluding hydrogens is 156 g/mol. The summed E-state index contributed by atoms with van der Waals surface area (Å²) in [7, 11) is 0. The third-order valence-electron chi connectivity index (χ3n) is 3.40. The van der Waals surface area contributed by atoms with Crippen molar-refractivity contribution >= 4 is 0 Å². The molecule has 1 rings (SSSR count). The summed E-state index contributed by atoms with van der Waals surface area (Å²) < 4.78 is 0. The zero-order chi connectivity index (χ0) is 10.3. The van der Waals surface area contributed by atoms with Gasteiger partial charge in [0.05, 0.1) is 0 Å². The Bertz CT molecular complexity index is 165. The van der Waals surface area contributed by atoms with Crippen molar-refractivity contribution in [3.05, 3.63) is 0 Å². The molecule has 1 aliphatic rings. The van der Waals surface area contributed by atoms with Gasteiger partial charge in [-0.3, -0.25) is 0 Å². The van der Waals surface area contributed by atoms with Crippen LogP contribution < -0.4 is 0 Å². The van der Waals surface area contributed by atoms with Crippen LogP contribution in [0.3, 0.4) is 0 Å². The van der Waals surface area contributed by atoms with Crippen molar-refractivity contribution in [3.63, 3.8) is 0 Å². The molecule has 0 bridgehead atoms. The van der Waals surface area contributed by atoms with E-state index in [1.807, 2.05) is 0 Å². The van der Waals surface area contributed by atoms with Gasteiger partial charge in [-0.1, -0.05) is 41.5 Å². The van der Waals surface area contributed by atoms with Gasteiger partial charge in [-0.2, -0.15) is 0 Å². The minimum atomic E-state index is 0.522. The number of hydrogen-bond acceptors (Lipinski definition) is 0. The molecule has 0 amide bonds. The molecule has 78 valence electrons. The molecule has 2 atom stereocenters.